The summed E-state index contributed by atoms with van der Waals surface area (Å²) in [5.74, 6) is -0.556. The van der Waals surface area contributed by atoms with Gasteiger partial charge in [0.15, 0.2) is 0 Å². The quantitative estimate of drug-likeness (QED) is 0.816. The van der Waals surface area contributed by atoms with Gasteiger partial charge >= 0.3 is 5.97 Å². The highest BCUT2D eigenvalue weighted by Gasteiger charge is 2.25. The summed E-state index contributed by atoms with van der Waals surface area (Å²) in [6.07, 6.45) is -0.259. The number of hydrogen-bond donors (Lipinski definition) is 1. The summed E-state index contributed by atoms with van der Waals surface area (Å²) in [7, 11) is -3.85. The molecule has 1 aromatic rings. The number of ether oxygens (including phenoxy) is 2. The highest BCUT2D eigenvalue weighted by Crippen LogP contribution is 2.21. The molecule has 1 aromatic carbocycles. The second kappa shape index (κ2) is 4.92. The zero-order chi connectivity index (χ0) is 14.2. The molecule has 0 spiro atoms. The lowest BCUT2D eigenvalue weighted by Gasteiger charge is -2.26. The number of hydrogen-bond acceptors (Lipinski definition) is 5. The third-order valence-electron chi connectivity index (χ3n) is 3.07. The Morgan fingerprint density at radius 2 is 2.00 bits per heavy atom. The summed E-state index contributed by atoms with van der Waals surface area (Å²) in [5, 5.41) is 5.08. The summed E-state index contributed by atoms with van der Waals surface area (Å²) in [5.41, 5.74) is 1.57. The molecule has 19 heavy (non-hydrogen) atoms. The van der Waals surface area contributed by atoms with Gasteiger partial charge in [0.25, 0.3) is 0 Å². The lowest BCUT2D eigenvalue weighted by atomic mass is 10.0. The van der Waals surface area contributed by atoms with Crippen LogP contribution in [-0.4, -0.2) is 33.7 Å². The number of benzene rings is 1. The van der Waals surface area contributed by atoms with Crippen molar-refractivity contribution < 1.29 is 22.7 Å². The molecular weight excluding hydrogens is 270 g/mol. The van der Waals surface area contributed by atoms with Gasteiger partial charge in [-0.25, -0.2) is 18.4 Å². The number of carbonyl (C=O) groups excluding carboxylic acids is 1. The predicted octanol–water partition coefficient (Wildman–Crippen LogP) is 0.506. The third-order valence-corrected chi connectivity index (χ3v) is 3.96. The minimum absolute atomic E-state index is 0.0904. The molecule has 1 saturated heterocycles. The smallest absolute Gasteiger partial charge is 0.338 e. The highest BCUT2D eigenvalue weighted by atomic mass is 32.2. The van der Waals surface area contributed by atoms with Crippen LogP contribution < -0.4 is 5.14 Å². The van der Waals surface area contributed by atoms with Crippen LogP contribution in [0.1, 0.15) is 21.5 Å². The van der Waals surface area contributed by atoms with E-state index in [0.29, 0.717) is 24.3 Å². The molecule has 1 heterocycles. The van der Waals surface area contributed by atoms with Gasteiger partial charge in [0, 0.05) is 0 Å². The second-order valence-corrected chi connectivity index (χ2v) is 6.08. The number of sulfonamides is 1. The Hall–Kier alpha value is -1.44. The van der Waals surface area contributed by atoms with E-state index in [1.54, 1.807) is 13.8 Å². The Balaban J connectivity index is 2.37. The first-order valence-corrected chi connectivity index (χ1v) is 7.26. The number of aryl methyl sites for hydroxylation is 1. The number of esters is 1. The van der Waals surface area contributed by atoms with Gasteiger partial charge in [-0.15, -0.1) is 0 Å². The maximum atomic E-state index is 12.0. The molecule has 2 N–H and O–H groups in total. The zero-order valence-electron chi connectivity index (χ0n) is 10.7. The zero-order valence-corrected chi connectivity index (χ0v) is 11.5. The number of carbonyl (C=O) groups is 1. The molecule has 6 nitrogen and oxygen atoms in total. The molecule has 1 aliphatic heterocycles. The average molecular weight is 285 g/mol. The summed E-state index contributed by atoms with van der Waals surface area (Å²) in [6, 6.07) is 2.69. The minimum Gasteiger partial charge on any atom is -0.454 e. The van der Waals surface area contributed by atoms with Crippen LogP contribution in [0.3, 0.4) is 0 Å². The van der Waals surface area contributed by atoms with Crippen LogP contribution in [0.25, 0.3) is 0 Å². The molecule has 0 radical (unpaired) electrons. The molecule has 0 bridgehead atoms. The summed E-state index contributed by atoms with van der Waals surface area (Å²) in [6.45, 7) is 4.20. The van der Waals surface area contributed by atoms with Crippen LogP contribution in [0.2, 0.25) is 0 Å². The van der Waals surface area contributed by atoms with Gasteiger partial charge in [-0.2, -0.15) is 0 Å². The van der Waals surface area contributed by atoms with E-state index in [0.717, 1.165) is 0 Å². The van der Waals surface area contributed by atoms with Crippen LogP contribution in [0.4, 0.5) is 0 Å². The summed E-state index contributed by atoms with van der Waals surface area (Å²) >= 11 is 0. The van der Waals surface area contributed by atoms with Crippen LogP contribution in [-0.2, 0) is 19.5 Å². The molecular formula is C12H15NO5S. The summed E-state index contributed by atoms with van der Waals surface area (Å²) < 4.78 is 32.8. The maximum absolute atomic E-state index is 12.0. The van der Waals surface area contributed by atoms with Gasteiger partial charge in [-0.1, -0.05) is 0 Å². The molecule has 2 rings (SSSR count). The molecule has 1 aliphatic rings. The standard InChI is InChI=1S/C12H15NO5S/c1-7-3-10(19(13,15)16)4-11(8(7)2)12(14)18-9-5-17-6-9/h3-4,9H,5-6H2,1-2H3,(H2,13,15,16). The first-order chi connectivity index (χ1) is 8.79. The van der Waals surface area contributed by atoms with Crippen LogP contribution >= 0.6 is 0 Å². The van der Waals surface area contributed by atoms with Gasteiger partial charge in [-0.3, -0.25) is 0 Å². The van der Waals surface area contributed by atoms with Crippen molar-refractivity contribution in [3.05, 3.63) is 28.8 Å². The Morgan fingerprint density at radius 3 is 2.47 bits per heavy atom. The van der Waals surface area contributed by atoms with Crippen LogP contribution in [0.15, 0.2) is 17.0 Å². The van der Waals surface area contributed by atoms with Gasteiger partial charge in [-0.05, 0) is 37.1 Å². The molecule has 0 saturated carbocycles. The monoisotopic (exact) mass is 285 g/mol. The lowest BCUT2D eigenvalue weighted by Crippen LogP contribution is -2.38. The van der Waals surface area contributed by atoms with Gasteiger partial charge in [0.05, 0.1) is 23.7 Å². The van der Waals surface area contributed by atoms with Gasteiger partial charge in [0.1, 0.15) is 6.10 Å². The molecule has 7 heteroatoms. The largest absolute Gasteiger partial charge is 0.454 e. The van der Waals surface area contributed by atoms with E-state index >= 15 is 0 Å². The van der Waals surface area contributed by atoms with Crippen LogP contribution in [0, 0.1) is 13.8 Å². The van der Waals surface area contributed by atoms with Crippen LogP contribution in [0.5, 0.6) is 0 Å². The van der Waals surface area contributed by atoms with Crippen molar-refractivity contribution in [2.24, 2.45) is 5.14 Å². The molecule has 0 unspecified atom stereocenters. The van der Waals surface area contributed by atoms with Crippen molar-refractivity contribution in [3.8, 4) is 0 Å². The molecule has 104 valence electrons. The number of rotatable bonds is 3. The predicted molar refractivity (Wildman–Crippen MR) is 67.3 cm³/mol. The molecule has 0 aliphatic carbocycles. The fourth-order valence-corrected chi connectivity index (χ4v) is 2.32. The van der Waals surface area contributed by atoms with Gasteiger partial charge in [0.2, 0.25) is 10.0 Å². The van der Waals surface area contributed by atoms with E-state index in [-0.39, 0.29) is 16.6 Å². The molecule has 0 atom stereocenters. The summed E-state index contributed by atoms with van der Waals surface area (Å²) in [4.78, 5) is 11.9. The van der Waals surface area contributed by atoms with Crippen molar-refractivity contribution in [2.75, 3.05) is 13.2 Å². The van der Waals surface area contributed by atoms with E-state index in [4.69, 9.17) is 14.6 Å². The molecule has 1 fully saturated rings. The lowest BCUT2D eigenvalue weighted by molar-refractivity contribution is -0.103. The fraction of sp³-hybridized carbons (Fsp3) is 0.417. The van der Waals surface area contributed by atoms with Crippen molar-refractivity contribution >= 4 is 16.0 Å². The maximum Gasteiger partial charge on any atom is 0.338 e. The topological polar surface area (TPSA) is 95.7 Å². The highest BCUT2D eigenvalue weighted by molar-refractivity contribution is 7.89. The van der Waals surface area contributed by atoms with E-state index < -0.39 is 16.0 Å². The number of primary sulfonamides is 1. The van der Waals surface area contributed by atoms with E-state index in [1.807, 2.05) is 0 Å². The average Bonchev–Trinajstić information content (AvgIpc) is 2.25. The Kier molecular flexibility index (Phi) is 3.62. The Morgan fingerprint density at radius 1 is 1.37 bits per heavy atom. The van der Waals surface area contributed by atoms with Crippen molar-refractivity contribution in [3.63, 3.8) is 0 Å². The first-order valence-electron chi connectivity index (χ1n) is 5.72. The van der Waals surface area contributed by atoms with E-state index in [9.17, 15) is 13.2 Å². The Bertz CT molecular complexity index is 619. The fourth-order valence-electron chi connectivity index (χ4n) is 1.70. The Labute approximate surface area is 111 Å². The normalized spacial score (nSPS) is 15.9. The molecule has 0 amide bonds. The first kappa shape index (κ1) is 14.0. The van der Waals surface area contributed by atoms with Crippen molar-refractivity contribution in [1.82, 2.24) is 0 Å². The molecule has 0 aromatic heterocycles. The van der Waals surface area contributed by atoms with Crippen molar-refractivity contribution in [2.45, 2.75) is 24.8 Å². The van der Waals surface area contributed by atoms with Gasteiger partial charge < -0.3 is 9.47 Å². The minimum atomic E-state index is -3.85. The van der Waals surface area contributed by atoms with Crippen molar-refractivity contribution in [1.29, 1.82) is 0 Å². The van der Waals surface area contributed by atoms with E-state index in [2.05, 4.69) is 0 Å². The second-order valence-electron chi connectivity index (χ2n) is 4.52. The number of nitrogens with two attached hydrogens (primary N) is 1. The third kappa shape index (κ3) is 2.94. The van der Waals surface area contributed by atoms with E-state index in [1.165, 1.54) is 12.1 Å². The SMILES string of the molecule is Cc1cc(S(N)(=O)=O)cc(C(=O)OC2COC2)c1C.